The summed E-state index contributed by atoms with van der Waals surface area (Å²) in [4.78, 5) is 14.6. The van der Waals surface area contributed by atoms with Gasteiger partial charge in [0.25, 0.3) is 0 Å². The maximum atomic E-state index is 12.3. The molecule has 3 N–H and O–H groups in total. The molecule has 0 spiro atoms. The van der Waals surface area contributed by atoms with Gasteiger partial charge in [-0.25, -0.2) is 0 Å². The van der Waals surface area contributed by atoms with Gasteiger partial charge in [0.2, 0.25) is 5.91 Å². The van der Waals surface area contributed by atoms with E-state index in [0.717, 1.165) is 17.8 Å². The number of nitrogens with one attached hydrogen (secondary N) is 1. The minimum Gasteiger partial charge on any atom is -0.326 e. The van der Waals surface area contributed by atoms with Crippen LogP contribution in [0.2, 0.25) is 0 Å². The number of benzene rings is 1. The highest BCUT2D eigenvalue weighted by atomic mass is 16.2. The highest BCUT2D eigenvalue weighted by Gasteiger charge is 2.29. The Morgan fingerprint density at radius 1 is 1.53 bits per heavy atom. The van der Waals surface area contributed by atoms with Crippen LogP contribution in [0.4, 0.5) is 5.69 Å². The summed E-state index contributed by atoms with van der Waals surface area (Å²) in [7, 11) is 0. The third-order valence-corrected chi connectivity index (χ3v) is 3.98. The van der Waals surface area contributed by atoms with Crippen molar-refractivity contribution in [2.75, 3.05) is 11.9 Å². The molecule has 1 aliphatic rings. The smallest absolute Gasteiger partial charge is 0.241 e. The predicted molar refractivity (Wildman–Crippen MR) is 77.8 cm³/mol. The molecule has 1 aromatic carbocycles. The molecule has 1 saturated heterocycles. The first-order valence-electron chi connectivity index (χ1n) is 6.98. The average molecular weight is 261 g/mol. The first-order chi connectivity index (χ1) is 9.13. The van der Waals surface area contributed by atoms with E-state index in [0.29, 0.717) is 12.6 Å². The fourth-order valence-electron chi connectivity index (χ4n) is 2.74. The lowest BCUT2D eigenvalue weighted by Crippen LogP contribution is -2.43. The van der Waals surface area contributed by atoms with Gasteiger partial charge >= 0.3 is 0 Å². The summed E-state index contributed by atoms with van der Waals surface area (Å²) in [6.45, 7) is 5.60. The molecule has 2 rings (SSSR count). The number of carbonyl (C=O) groups excluding carboxylic acids is 1. The Balaban J connectivity index is 2.04. The number of nitrogens with two attached hydrogens (primary N) is 1. The van der Waals surface area contributed by atoms with E-state index < -0.39 is 0 Å². The zero-order valence-electron chi connectivity index (χ0n) is 11.7. The number of nitrogens with zero attached hydrogens (tertiary/aromatic N) is 1. The summed E-state index contributed by atoms with van der Waals surface area (Å²) in [6.07, 6.45) is 2.36. The van der Waals surface area contributed by atoms with Crippen LogP contribution in [0.15, 0.2) is 24.3 Å². The lowest BCUT2D eigenvalue weighted by atomic mass is 10.1. The number of carbonyl (C=O) groups is 1. The summed E-state index contributed by atoms with van der Waals surface area (Å²) >= 11 is 0. The average Bonchev–Trinajstić information content (AvgIpc) is 2.84. The van der Waals surface area contributed by atoms with E-state index in [4.69, 9.17) is 5.73 Å². The Hall–Kier alpha value is -1.39. The topological polar surface area (TPSA) is 58.4 Å². The largest absolute Gasteiger partial charge is 0.326 e. The molecule has 4 nitrogen and oxygen atoms in total. The molecular weight excluding hydrogens is 238 g/mol. The fraction of sp³-hybridized carbons (Fsp3) is 0.533. The molecule has 2 atom stereocenters. The quantitative estimate of drug-likeness (QED) is 0.871. The van der Waals surface area contributed by atoms with Crippen LogP contribution in [0.25, 0.3) is 0 Å². The van der Waals surface area contributed by atoms with Gasteiger partial charge in [-0.3, -0.25) is 9.69 Å². The van der Waals surface area contributed by atoms with Crippen LogP contribution >= 0.6 is 0 Å². The van der Waals surface area contributed by atoms with Gasteiger partial charge < -0.3 is 11.1 Å². The lowest BCUT2D eigenvalue weighted by Gasteiger charge is -2.27. The molecule has 2 unspecified atom stereocenters. The van der Waals surface area contributed by atoms with Gasteiger partial charge in [-0.15, -0.1) is 0 Å². The molecule has 1 aromatic rings. The van der Waals surface area contributed by atoms with Gasteiger partial charge in [0, 0.05) is 18.3 Å². The molecule has 0 saturated carbocycles. The van der Waals surface area contributed by atoms with Gasteiger partial charge in [-0.1, -0.05) is 18.2 Å². The first kappa shape index (κ1) is 14.0. The summed E-state index contributed by atoms with van der Waals surface area (Å²) in [5.74, 6) is 0.0506. The second kappa shape index (κ2) is 6.17. The van der Waals surface area contributed by atoms with Gasteiger partial charge in [-0.2, -0.15) is 0 Å². The van der Waals surface area contributed by atoms with E-state index in [1.165, 1.54) is 12.8 Å². The molecule has 1 amide bonds. The second-order valence-corrected chi connectivity index (χ2v) is 5.26. The third-order valence-electron chi connectivity index (χ3n) is 3.98. The summed E-state index contributed by atoms with van der Waals surface area (Å²) in [5.41, 5.74) is 7.48. The zero-order chi connectivity index (χ0) is 13.8. The molecule has 104 valence electrons. The van der Waals surface area contributed by atoms with Crippen LogP contribution in [0.3, 0.4) is 0 Å². The van der Waals surface area contributed by atoms with E-state index >= 15 is 0 Å². The number of amides is 1. The normalized spacial score (nSPS) is 21.3. The zero-order valence-corrected chi connectivity index (χ0v) is 11.7. The first-order valence-corrected chi connectivity index (χ1v) is 6.98. The maximum absolute atomic E-state index is 12.3. The number of anilines is 1. The van der Waals surface area contributed by atoms with Crippen molar-refractivity contribution in [2.24, 2.45) is 5.73 Å². The van der Waals surface area contributed by atoms with Crippen LogP contribution in [0, 0.1) is 0 Å². The minimum absolute atomic E-state index is 0.0506. The Morgan fingerprint density at radius 3 is 2.89 bits per heavy atom. The molecule has 0 aliphatic carbocycles. The van der Waals surface area contributed by atoms with Crippen LogP contribution < -0.4 is 11.1 Å². The number of rotatable bonds is 4. The van der Waals surface area contributed by atoms with Gasteiger partial charge in [0.15, 0.2) is 0 Å². The van der Waals surface area contributed by atoms with Crippen molar-refractivity contribution >= 4 is 11.6 Å². The monoisotopic (exact) mass is 261 g/mol. The molecule has 1 aliphatic heterocycles. The SMILES string of the molecule is CC1CCCN1C(C)C(=O)Nc1ccccc1CN. The molecule has 0 aromatic heterocycles. The van der Waals surface area contributed by atoms with E-state index in [1.54, 1.807) is 0 Å². The van der Waals surface area contributed by atoms with Gasteiger partial charge in [0.05, 0.1) is 6.04 Å². The maximum Gasteiger partial charge on any atom is 0.241 e. The highest BCUT2D eigenvalue weighted by molar-refractivity contribution is 5.95. The van der Waals surface area contributed by atoms with Crippen molar-refractivity contribution in [3.05, 3.63) is 29.8 Å². The Labute approximate surface area is 115 Å². The number of para-hydroxylation sites is 1. The standard InChI is InChI=1S/C15H23N3O/c1-11-6-5-9-18(11)12(2)15(19)17-14-8-4-3-7-13(14)10-16/h3-4,7-8,11-12H,5-6,9-10,16H2,1-2H3,(H,17,19). The molecule has 1 fully saturated rings. The van der Waals surface area contributed by atoms with Crippen molar-refractivity contribution in [2.45, 2.75) is 45.3 Å². The molecule has 19 heavy (non-hydrogen) atoms. The molecular formula is C15H23N3O. The van der Waals surface area contributed by atoms with Crippen LogP contribution in [-0.2, 0) is 11.3 Å². The van der Waals surface area contributed by atoms with Crippen molar-refractivity contribution < 1.29 is 4.79 Å². The fourth-order valence-corrected chi connectivity index (χ4v) is 2.74. The molecule has 4 heteroatoms. The number of hydrogen-bond acceptors (Lipinski definition) is 3. The molecule has 0 bridgehead atoms. The van der Waals surface area contributed by atoms with Crippen molar-refractivity contribution in [3.8, 4) is 0 Å². The van der Waals surface area contributed by atoms with Crippen molar-refractivity contribution in [1.29, 1.82) is 0 Å². The van der Waals surface area contributed by atoms with Crippen LogP contribution in [-0.4, -0.2) is 29.4 Å². The van der Waals surface area contributed by atoms with Crippen LogP contribution in [0.5, 0.6) is 0 Å². The van der Waals surface area contributed by atoms with E-state index in [-0.39, 0.29) is 11.9 Å². The number of hydrogen-bond donors (Lipinski definition) is 2. The van der Waals surface area contributed by atoms with Crippen molar-refractivity contribution in [3.63, 3.8) is 0 Å². The van der Waals surface area contributed by atoms with E-state index in [1.807, 2.05) is 31.2 Å². The molecule has 0 radical (unpaired) electrons. The van der Waals surface area contributed by atoms with Gasteiger partial charge in [-0.05, 0) is 44.9 Å². The minimum atomic E-state index is -0.0941. The highest BCUT2D eigenvalue weighted by Crippen LogP contribution is 2.21. The molecule has 1 heterocycles. The third kappa shape index (κ3) is 3.14. The summed E-state index contributed by atoms with van der Waals surface area (Å²) in [5, 5.41) is 3.00. The Kier molecular flexibility index (Phi) is 4.56. The number of likely N-dealkylation sites (tertiary alicyclic amines) is 1. The van der Waals surface area contributed by atoms with Gasteiger partial charge in [0.1, 0.15) is 0 Å². The lowest BCUT2D eigenvalue weighted by molar-refractivity contribution is -0.121. The Morgan fingerprint density at radius 2 is 2.26 bits per heavy atom. The summed E-state index contributed by atoms with van der Waals surface area (Å²) in [6, 6.07) is 8.09. The van der Waals surface area contributed by atoms with Crippen LogP contribution in [0.1, 0.15) is 32.3 Å². The summed E-state index contributed by atoms with van der Waals surface area (Å²) < 4.78 is 0. The second-order valence-electron chi connectivity index (χ2n) is 5.26. The van der Waals surface area contributed by atoms with E-state index in [9.17, 15) is 4.79 Å². The Bertz CT molecular complexity index is 447. The predicted octanol–water partition coefficient (Wildman–Crippen LogP) is 1.96. The van der Waals surface area contributed by atoms with E-state index in [2.05, 4.69) is 17.1 Å². The van der Waals surface area contributed by atoms with Crippen molar-refractivity contribution in [1.82, 2.24) is 4.90 Å².